The van der Waals surface area contributed by atoms with Crippen LogP contribution in [-0.4, -0.2) is 17.5 Å². The summed E-state index contributed by atoms with van der Waals surface area (Å²) in [5, 5.41) is 13.4. The van der Waals surface area contributed by atoms with Gasteiger partial charge in [0.2, 0.25) is 0 Å². The first-order chi connectivity index (χ1) is 4.52. The van der Waals surface area contributed by atoms with Gasteiger partial charge >= 0.3 is 0 Å². The molecule has 0 aromatic heterocycles. The summed E-state index contributed by atoms with van der Waals surface area (Å²) >= 11 is 0. The van der Waals surface area contributed by atoms with Crippen molar-refractivity contribution in [3.8, 4) is 0 Å². The van der Waals surface area contributed by atoms with E-state index in [0.717, 1.165) is 0 Å². The zero-order chi connectivity index (χ0) is 8.15. The smallest absolute Gasteiger partial charge is 0.147 e. The minimum Gasteiger partial charge on any atom is -0.387 e. The van der Waals surface area contributed by atoms with Gasteiger partial charge in [-0.1, -0.05) is 0 Å². The van der Waals surface area contributed by atoms with Gasteiger partial charge in [-0.3, -0.25) is 15.6 Å². The predicted octanol–water partition coefficient (Wildman–Crippen LogP) is -0.792. The number of amidine groups is 2. The number of carbonyl (C=O) groups excluding carboxylic acids is 1. The fourth-order valence-electron chi connectivity index (χ4n) is 0.487. The molecule has 0 saturated heterocycles. The molecule has 0 aliphatic carbocycles. The van der Waals surface area contributed by atoms with Gasteiger partial charge in [0, 0.05) is 0 Å². The van der Waals surface area contributed by atoms with Gasteiger partial charge in [0.05, 0.1) is 24.5 Å². The highest BCUT2D eigenvalue weighted by Gasteiger charge is 2.03. The maximum Gasteiger partial charge on any atom is 0.147 e. The molecule has 0 aromatic rings. The predicted molar refractivity (Wildman–Crippen MR) is 38.1 cm³/mol. The molecule has 0 aliphatic heterocycles. The molecule has 6 N–H and O–H groups in total. The molecule has 10 heavy (non-hydrogen) atoms. The van der Waals surface area contributed by atoms with Gasteiger partial charge in [0.1, 0.15) is 5.78 Å². The van der Waals surface area contributed by atoms with E-state index in [2.05, 4.69) is 0 Å². The molecule has 0 amide bonds. The van der Waals surface area contributed by atoms with Crippen LogP contribution in [0.1, 0.15) is 12.8 Å². The molecular formula is C5H10N4O. The van der Waals surface area contributed by atoms with E-state index in [0.29, 0.717) is 0 Å². The Balaban J connectivity index is 3.65. The van der Waals surface area contributed by atoms with Crippen molar-refractivity contribution in [1.82, 2.24) is 0 Å². The normalized spacial score (nSPS) is 8.80. The minimum atomic E-state index is -0.292. The Morgan fingerprint density at radius 2 is 1.40 bits per heavy atom. The zero-order valence-electron chi connectivity index (χ0n) is 5.48. The quantitative estimate of drug-likeness (QED) is 0.304. The van der Waals surface area contributed by atoms with Crippen LogP contribution >= 0.6 is 0 Å². The van der Waals surface area contributed by atoms with Crippen LogP contribution in [0, 0.1) is 10.8 Å². The second-order valence-corrected chi connectivity index (χ2v) is 1.94. The lowest BCUT2D eigenvalue weighted by atomic mass is 10.2. The van der Waals surface area contributed by atoms with Gasteiger partial charge in [-0.15, -0.1) is 0 Å². The molecule has 0 saturated carbocycles. The summed E-state index contributed by atoms with van der Waals surface area (Å²) in [6, 6.07) is 0. The lowest BCUT2D eigenvalue weighted by Crippen LogP contribution is -2.20. The molecule has 5 nitrogen and oxygen atoms in total. The van der Waals surface area contributed by atoms with Crippen molar-refractivity contribution in [2.24, 2.45) is 11.5 Å². The van der Waals surface area contributed by atoms with Crippen molar-refractivity contribution in [3.63, 3.8) is 0 Å². The van der Waals surface area contributed by atoms with E-state index in [-0.39, 0.29) is 30.3 Å². The van der Waals surface area contributed by atoms with Gasteiger partial charge in [-0.25, -0.2) is 0 Å². The molecule has 0 spiro atoms. The van der Waals surface area contributed by atoms with Gasteiger partial charge in [0.25, 0.3) is 0 Å². The molecule has 5 heteroatoms. The average molecular weight is 142 g/mol. The first-order valence-electron chi connectivity index (χ1n) is 2.70. The fraction of sp³-hybridized carbons (Fsp3) is 0.400. The van der Waals surface area contributed by atoms with Gasteiger partial charge in [-0.2, -0.15) is 0 Å². The third-order valence-corrected chi connectivity index (χ3v) is 0.775. The molecule has 0 unspecified atom stereocenters. The largest absolute Gasteiger partial charge is 0.387 e. The van der Waals surface area contributed by atoms with Gasteiger partial charge in [-0.05, 0) is 0 Å². The summed E-state index contributed by atoms with van der Waals surface area (Å²) in [6.45, 7) is 0. The summed E-state index contributed by atoms with van der Waals surface area (Å²) in [4.78, 5) is 10.6. The first kappa shape index (κ1) is 8.61. The minimum absolute atomic E-state index is 0.112. The van der Waals surface area contributed by atoms with Crippen molar-refractivity contribution < 1.29 is 4.79 Å². The number of hydrogen-bond acceptors (Lipinski definition) is 3. The molecule has 0 bridgehead atoms. The van der Waals surface area contributed by atoms with Crippen LogP contribution in [0.2, 0.25) is 0 Å². The average Bonchev–Trinajstić information content (AvgIpc) is 1.58. The monoisotopic (exact) mass is 142 g/mol. The number of Topliss-reactive ketones (excluding diaryl/α,β-unsaturated/α-hetero) is 1. The number of nitrogens with two attached hydrogens (primary N) is 2. The maximum absolute atomic E-state index is 10.6. The molecule has 0 atom stereocenters. The highest BCUT2D eigenvalue weighted by Crippen LogP contribution is 1.87. The maximum atomic E-state index is 10.6. The van der Waals surface area contributed by atoms with Crippen LogP contribution in [0.15, 0.2) is 0 Å². The highest BCUT2D eigenvalue weighted by molar-refractivity contribution is 6.06. The van der Waals surface area contributed by atoms with E-state index in [1.165, 1.54) is 0 Å². The number of nitrogens with one attached hydrogen (secondary N) is 2. The first-order valence-corrected chi connectivity index (χ1v) is 2.70. The number of rotatable bonds is 4. The van der Waals surface area contributed by atoms with Crippen LogP contribution in [0.4, 0.5) is 0 Å². The zero-order valence-corrected chi connectivity index (χ0v) is 5.48. The molecular weight excluding hydrogens is 132 g/mol. The van der Waals surface area contributed by atoms with Crippen LogP contribution in [0.5, 0.6) is 0 Å². The summed E-state index contributed by atoms with van der Waals surface area (Å²) in [5.74, 6) is -0.669. The molecule has 0 aliphatic rings. The van der Waals surface area contributed by atoms with Crippen LogP contribution < -0.4 is 11.5 Å². The molecule has 0 heterocycles. The van der Waals surface area contributed by atoms with Crippen LogP contribution in [0.25, 0.3) is 0 Å². The Bertz CT molecular complexity index is 156. The van der Waals surface area contributed by atoms with Crippen molar-refractivity contribution in [1.29, 1.82) is 10.8 Å². The van der Waals surface area contributed by atoms with E-state index in [1.807, 2.05) is 0 Å². The lowest BCUT2D eigenvalue weighted by molar-refractivity contribution is -0.116. The second kappa shape index (κ2) is 3.60. The Morgan fingerprint density at radius 1 is 1.10 bits per heavy atom. The Morgan fingerprint density at radius 3 is 1.60 bits per heavy atom. The number of carbonyl (C=O) groups is 1. The number of hydrogen-bond donors (Lipinski definition) is 4. The topological polar surface area (TPSA) is 117 Å². The third kappa shape index (κ3) is 4.76. The summed E-state index contributed by atoms with van der Waals surface area (Å²) < 4.78 is 0. The molecule has 0 fully saturated rings. The fourth-order valence-corrected chi connectivity index (χ4v) is 0.487. The van der Waals surface area contributed by atoms with Crippen LogP contribution in [0.3, 0.4) is 0 Å². The second-order valence-electron chi connectivity index (χ2n) is 1.94. The summed E-state index contributed by atoms with van der Waals surface area (Å²) in [6.07, 6.45) is -0.223. The Hall–Kier alpha value is -1.39. The van der Waals surface area contributed by atoms with E-state index in [4.69, 9.17) is 22.3 Å². The Kier molecular flexibility index (Phi) is 3.10. The highest BCUT2D eigenvalue weighted by atomic mass is 16.1. The van der Waals surface area contributed by atoms with Crippen molar-refractivity contribution >= 4 is 17.5 Å². The molecule has 0 radical (unpaired) electrons. The SMILES string of the molecule is N=C(N)CC(=O)CC(=N)N. The van der Waals surface area contributed by atoms with E-state index in [9.17, 15) is 4.79 Å². The summed E-state index contributed by atoms with van der Waals surface area (Å²) in [5.41, 5.74) is 9.84. The lowest BCUT2D eigenvalue weighted by Gasteiger charge is -1.95. The van der Waals surface area contributed by atoms with Gasteiger partial charge < -0.3 is 11.5 Å². The summed E-state index contributed by atoms with van der Waals surface area (Å²) in [7, 11) is 0. The van der Waals surface area contributed by atoms with Crippen molar-refractivity contribution in [2.45, 2.75) is 12.8 Å². The Labute approximate surface area is 58.4 Å². The van der Waals surface area contributed by atoms with E-state index < -0.39 is 0 Å². The standard InChI is InChI=1S/C5H10N4O/c6-4(7)1-3(10)2-5(8)9/h1-2H2,(H3,6,7)(H3,8,9). The van der Waals surface area contributed by atoms with Crippen molar-refractivity contribution in [2.75, 3.05) is 0 Å². The van der Waals surface area contributed by atoms with Gasteiger partial charge in [0.15, 0.2) is 0 Å². The number of ketones is 1. The van der Waals surface area contributed by atoms with E-state index in [1.54, 1.807) is 0 Å². The molecule has 0 rings (SSSR count). The molecule has 56 valence electrons. The van der Waals surface area contributed by atoms with Crippen molar-refractivity contribution in [3.05, 3.63) is 0 Å². The van der Waals surface area contributed by atoms with Crippen LogP contribution in [-0.2, 0) is 4.79 Å². The molecule has 0 aromatic carbocycles. The van der Waals surface area contributed by atoms with E-state index >= 15 is 0 Å². The third-order valence-electron chi connectivity index (χ3n) is 0.775.